The number of anilines is 2. The Labute approximate surface area is 506 Å². The molecular weight excluding hydrogens is 1160 g/mol. The lowest BCUT2D eigenvalue weighted by atomic mass is 9.94. The summed E-state index contributed by atoms with van der Waals surface area (Å²) in [6, 6.07) is 17.0. The number of aryl methyl sites for hydroxylation is 1. The molecular formula is C60H71FN13O9S3+. The van der Waals surface area contributed by atoms with Crippen molar-refractivity contribution in [1.82, 2.24) is 29.9 Å². The van der Waals surface area contributed by atoms with Crippen molar-refractivity contribution >= 4 is 101 Å². The lowest BCUT2D eigenvalue weighted by Gasteiger charge is -2.31. The van der Waals surface area contributed by atoms with Crippen molar-refractivity contribution in [3.8, 4) is 16.2 Å². The van der Waals surface area contributed by atoms with Gasteiger partial charge in [0.1, 0.15) is 29.3 Å². The van der Waals surface area contributed by atoms with Gasteiger partial charge in [-0.2, -0.15) is 0 Å². The number of phenols is 1. The van der Waals surface area contributed by atoms with Crippen molar-refractivity contribution in [3.63, 3.8) is 0 Å². The molecule has 3 aliphatic heterocycles. The molecule has 3 aromatic carbocycles. The van der Waals surface area contributed by atoms with Gasteiger partial charge in [-0.3, -0.25) is 29.5 Å². The maximum atomic E-state index is 15.5. The third-order valence-electron chi connectivity index (χ3n) is 15.6. The number of benzene rings is 3. The van der Waals surface area contributed by atoms with Crippen LogP contribution in [0.25, 0.3) is 26.2 Å². The summed E-state index contributed by atoms with van der Waals surface area (Å²) < 4.78 is 57.4. The zero-order valence-electron chi connectivity index (χ0n) is 48.5. The third kappa shape index (κ3) is 14.6. The van der Waals surface area contributed by atoms with E-state index in [2.05, 4.69) is 35.4 Å². The molecule has 6 aromatic rings. The molecule has 0 unspecified atom stereocenters. The first-order valence-electron chi connectivity index (χ1n) is 28.5. The Bertz CT molecular complexity index is 3700. The standard InChI is InChI=1S/C60H70FN13O9S3/c1-34(2)52(59(79)74-23-9-14-47(74)57(77)67-36(4)40-16-17-43(51(61)54(40)75)55-37(5)66-33-84-55)65-31-50(71-63)83-25-10-28-86(80,81)72-58(78)53-41(44(29-62)35(3)64-30-38-21-26-82-27-22-38)18-19-49(69-53)73-24-20-39-11-8-12-42(45(39)32-73)56(76)70-60-68-46-13-6-7-15-48(46)85-60/h6-8,11-13,15-19,29,31,33-34,36,38,47,52,62,64,75H,9-10,14,20-28,30,32,63H2,1-5H3,(H,67,77)(H,72,78)(H,68,70,76)/p+1/b44-35+,62-29?,65-31?,71-50+/t36-,47-,52-/m0/s1. The van der Waals surface area contributed by atoms with E-state index in [1.54, 1.807) is 57.5 Å². The van der Waals surface area contributed by atoms with Gasteiger partial charge in [0, 0.05) is 74.2 Å². The third-order valence-corrected chi connectivity index (χ3v) is 18.9. The molecule has 9 rings (SSSR count). The summed E-state index contributed by atoms with van der Waals surface area (Å²) in [4.78, 5) is 78.2. The number of aromatic nitrogens is 3. The van der Waals surface area contributed by atoms with Gasteiger partial charge >= 0.3 is 0 Å². The highest BCUT2D eigenvalue weighted by Crippen LogP contribution is 2.38. The van der Waals surface area contributed by atoms with Crippen molar-refractivity contribution in [1.29, 1.82) is 5.41 Å². The number of rotatable bonds is 22. The number of nitrogens with zero attached hydrogens (tertiary/aromatic N) is 7. The Kier molecular flexibility index (Phi) is 20.3. The summed E-state index contributed by atoms with van der Waals surface area (Å²) in [5.41, 5.74) is 6.71. The summed E-state index contributed by atoms with van der Waals surface area (Å²) in [7, 11) is -4.36. The highest BCUT2D eigenvalue weighted by Gasteiger charge is 2.39. The number of likely N-dealkylation sites (tertiary alicyclic amines) is 1. The Morgan fingerprint density at radius 2 is 1.80 bits per heavy atom. The Morgan fingerprint density at radius 3 is 2.53 bits per heavy atom. The van der Waals surface area contributed by atoms with Crippen LogP contribution in [0.3, 0.4) is 0 Å². The first kappa shape index (κ1) is 62.5. The molecule has 0 bridgehead atoms. The molecule has 2 saturated heterocycles. The SMILES string of the molecule is C/C([NH2+]CC1CCOCC1)=C(/C=N)c1ccc(N2CCc3cccc(C(=O)Nc4nc5ccccc5s4)c3C2)nc1C(=O)NS(=O)(=O)CCCO/C(C=N[C@H](C(=O)N1CCC[C@H]1C(=O)N[C@@H](C)c1ccc(-c2scnc2C)c(F)c1O)C(C)C)=N/N. The second kappa shape index (κ2) is 28.0. The molecule has 4 amide bonds. The number of nitrogens with two attached hydrogens (primary N) is 2. The van der Waals surface area contributed by atoms with Gasteiger partial charge in [-0.05, 0) is 106 Å². The van der Waals surface area contributed by atoms with Crippen molar-refractivity contribution in [2.24, 2.45) is 27.8 Å². The zero-order chi connectivity index (χ0) is 61.2. The molecule has 22 nitrogen and oxygen atoms in total. The summed E-state index contributed by atoms with van der Waals surface area (Å²) in [6.45, 7) is 11.6. The van der Waals surface area contributed by atoms with Crippen LogP contribution in [0.15, 0.2) is 88.0 Å². The van der Waals surface area contributed by atoms with Gasteiger partial charge in [-0.15, -0.1) is 16.4 Å². The Balaban J connectivity index is 0.843. The highest BCUT2D eigenvalue weighted by atomic mass is 32.2. The number of hydrogen-bond acceptors (Lipinski definition) is 19. The molecule has 86 heavy (non-hydrogen) atoms. The van der Waals surface area contributed by atoms with E-state index < -0.39 is 63.2 Å². The van der Waals surface area contributed by atoms with E-state index in [0.29, 0.717) is 83.3 Å². The summed E-state index contributed by atoms with van der Waals surface area (Å²) in [5, 5.41) is 31.3. The van der Waals surface area contributed by atoms with Crippen LogP contribution in [-0.4, -0.2) is 133 Å². The number of phenolic OH excluding ortho intramolecular Hbond substituents is 1. The Morgan fingerprint density at radius 1 is 1.01 bits per heavy atom. The number of thiazole rings is 2. The number of sulfonamides is 1. The van der Waals surface area contributed by atoms with Crippen LogP contribution in [0.5, 0.6) is 5.75 Å². The fraction of sp³-hybridized carbons (Fsp3) is 0.400. The molecule has 3 aliphatic rings. The number of halogens is 1. The molecule has 0 saturated carbocycles. The van der Waals surface area contributed by atoms with Gasteiger partial charge in [-0.25, -0.2) is 32.5 Å². The summed E-state index contributed by atoms with van der Waals surface area (Å²) >= 11 is 2.62. The number of carbonyl (C=O) groups excluding carboxylic acids is 4. The number of carbonyl (C=O) groups is 4. The van der Waals surface area contributed by atoms with Crippen LogP contribution in [0.4, 0.5) is 15.3 Å². The second-order valence-electron chi connectivity index (χ2n) is 21.8. The molecule has 0 radical (unpaired) electrons. The number of aromatic hydroxyl groups is 1. The second-order valence-corrected chi connectivity index (χ2v) is 25.5. The van der Waals surface area contributed by atoms with E-state index >= 15 is 4.39 Å². The largest absolute Gasteiger partial charge is 0.505 e. The van der Waals surface area contributed by atoms with Gasteiger partial charge in [0.15, 0.2) is 16.7 Å². The topological polar surface area (TPSA) is 314 Å². The normalized spacial score (nSPS) is 16.9. The van der Waals surface area contributed by atoms with E-state index in [0.717, 1.165) is 46.9 Å². The van der Waals surface area contributed by atoms with Crippen LogP contribution in [0.2, 0.25) is 0 Å². The molecule has 3 aromatic heterocycles. The molecule has 6 heterocycles. The molecule has 9 N–H and O–H groups in total. The number of hydrazone groups is 1. The van der Waals surface area contributed by atoms with Gasteiger partial charge in [-0.1, -0.05) is 55.5 Å². The number of nitrogens with one attached hydrogen (secondary N) is 4. The maximum absolute atomic E-state index is 15.5. The van der Waals surface area contributed by atoms with Crippen molar-refractivity contribution < 1.29 is 51.9 Å². The fourth-order valence-electron chi connectivity index (χ4n) is 10.9. The first-order valence-corrected chi connectivity index (χ1v) is 31.9. The number of pyridine rings is 1. The molecule has 454 valence electrons. The lowest BCUT2D eigenvalue weighted by Crippen LogP contribution is -2.83. The van der Waals surface area contributed by atoms with Gasteiger partial charge in [0.2, 0.25) is 27.7 Å². The number of aliphatic imine (C=N–C) groups is 1. The van der Waals surface area contributed by atoms with E-state index in [1.165, 1.54) is 39.9 Å². The van der Waals surface area contributed by atoms with Gasteiger partial charge < -0.3 is 46.3 Å². The number of para-hydroxylation sites is 1. The molecule has 3 atom stereocenters. The smallest absolute Gasteiger partial charge is 0.284 e. The summed E-state index contributed by atoms with van der Waals surface area (Å²) in [6.07, 6.45) is 5.39. The van der Waals surface area contributed by atoms with E-state index in [-0.39, 0.29) is 66.2 Å². The van der Waals surface area contributed by atoms with E-state index in [4.69, 9.17) is 25.7 Å². The average Bonchev–Trinajstić information content (AvgIpc) is 4.51. The average molecular weight is 1230 g/mol. The number of allylic oxidation sites excluding steroid dienone is 2. The minimum Gasteiger partial charge on any atom is -0.505 e. The van der Waals surface area contributed by atoms with Crippen LogP contribution in [0, 0.1) is 30.0 Å². The molecule has 0 spiro atoms. The van der Waals surface area contributed by atoms with Gasteiger partial charge in [0.05, 0.1) is 63.0 Å². The summed E-state index contributed by atoms with van der Waals surface area (Å²) in [5.74, 6) is 1.59. The van der Waals surface area contributed by atoms with Crippen LogP contribution in [-0.2, 0) is 42.1 Å². The lowest BCUT2D eigenvalue weighted by molar-refractivity contribution is -0.612. The van der Waals surface area contributed by atoms with E-state index in [1.807, 2.05) is 53.5 Å². The van der Waals surface area contributed by atoms with Crippen molar-refractivity contribution in [3.05, 3.63) is 123 Å². The van der Waals surface area contributed by atoms with Crippen molar-refractivity contribution in [2.75, 3.05) is 55.4 Å². The first-order chi connectivity index (χ1) is 41.3. The number of amides is 4. The minimum absolute atomic E-state index is 0.139. The molecule has 0 aliphatic carbocycles. The Hall–Kier alpha value is -8.04. The number of quaternary nitrogens is 1. The quantitative estimate of drug-likeness (QED) is 0.0120. The predicted molar refractivity (Wildman–Crippen MR) is 330 cm³/mol. The molecule has 2 fully saturated rings. The van der Waals surface area contributed by atoms with Crippen LogP contribution >= 0.6 is 22.7 Å². The molecule has 26 heteroatoms. The monoisotopic (exact) mass is 1230 g/mol. The van der Waals surface area contributed by atoms with Gasteiger partial charge in [0.25, 0.3) is 11.8 Å². The minimum atomic E-state index is -4.36. The van der Waals surface area contributed by atoms with Crippen LogP contribution < -0.4 is 31.4 Å². The number of hydrogen-bond donors (Lipinski definition) is 7. The highest BCUT2D eigenvalue weighted by molar-refractivity contribution is 7.90. The number of fused-ring (bicyclic) bond motifs is 2. The van der Waals surface area contributed by atoms with E-state index in [9.17, 15) is 32.7 Å². The zero-order valence-corrected chi connectivity index (χ0v) is 50.9. The number of ether oxygens (including phenoxy) is 2. The maximum Gasteiger partial charge on any atom is 0.284 e. The predicted octanol–water partition coefficient (Wildman–Crippen LogP) is 6.86. The van der Waals surface area contributed by atoms with Crippen molar-refractivity contribution in [2.45, 2.75) is 97.8 Å². The fourth-order valence-corrected chi connectivity index (χ4v) is 13.6. The van der Waals surface area contributed by atoms with Crippen LogP contribution in [0.1, 0.15) is 115 Å².